The number of fused-ring (bicyclic) bond motifs is 1. The number of anilines is 2. The fraction of sp³-hybridized carbons (Fsp3) is 0.333. The molecule has 0 amide bonds. The molecule has 1 aliphatic heterocycles. The Hall–Kier alpha value is -2.50. The fourth-order valence-corrected chi connectivity index (χ4v) is 3.30. The molecule has 1 aliphatic rings. The van der Waals surface area contributed by atoms with Crippen molar-refractivity contribution < 1.29 is 0 Å². The van der Waals surface area contributed by atoms with Gasteiger partial charge in [0.25, 0.3) is 0 Å². The fourth-order valence-electron chi connectivity index (χ4n) is 3.30. The van der Waals surface area contributed by atoms with Gasteiger partial charge in [0.1, 0.15) is 0 Å². The second-order valence-corrected chi connectivity index (χ2v) is 7.05. The highest BCUT2D eigenvalue weighted by Crippen LogP contribution is 2.21. The van der Waals surface area contributed by atoms with Gasteiger partial charge >= 0.3 is 0 Å². The molecule has 4 rings (SSSR count). The summed E-state index contributed by atoms with van der Waals surface area (Å²) in [7, 11) is 2.19. The number of nitrogens with zero attached hydrogens (tertiary/aromatic N) is 4. The maximum atomic E-state index is 4.71. The molecule has 5 heteroatoms. The molecule has 5 nitrogen and oxygen atoms in total. The van der Waals surface area contributed by atoms with E-state index in [9.17, 15) is 0 Å². The minimum absolute atomic E-state index is 0.815. The number of hydrogen-bond donors (Lipinski definition) is 1. The van der Waals surface area contributed by atoms with Crippen LogP contribution in [-0.4, -0.2) is 53.0 Å². The molecular weight excluding hydrogens is 322 g/mol. The molecular formula is C21H25N5. The van der Waals surface area contributed by atoms with Crippen molar-refractivity contribution in [2.75, 3.05) is 38.5 Å². The summed E-state index contributed by atoms with van der Waals surface area (Å²) in [6.07, 6.45) is 0. The van der Waals surface area contributed by atoms with Gasteiger partial charge in [0, 0.05) is 38.4 Å². The van der Waals surface area contributed by atoms with Gasteiger partial charge in [-0.25, -0.2) is 9.97 Å². The van der Waals surface area contributed by atoms with Crippen molar-refractivity contribution in [3.8, 4) is 0 Å². The summed E-state index contributed by atoms with van der Waals surface area (Å²) in [4.78, 5) is 14.2. The van der Waals surface area contributed by atoms with Crippen LogP contribution in [0.5, 0.6) is 0 Å². The summed E-state index contributed by atoms with van der Waals surface area (Å²) in [6.45, 7) is 7.59. The van der Waals surface area contributed by atoms with E-state index in [0.29, 0.717) is 0 Å². The molecule has 1 aromatic heterocycles. The number of piperazine rings is 1. The molecule has 1 fully saturated rings. The summed E-state index contributed by atoms with van der Waals surface area (Å²) >= 11 is 0. The number of nitrogens with one attached hydrogen (secondary N) is 1. The van der Waals surface area contributed by atoms with Crippen LogP contribution in [0.15, 0.2) is 48.5 Å². The quantitative estimate of drug-likeness (QED) is 0.783. The molecule has 3 aromatic rings. The first-order valence-electron chi connectivity index (χ1n) is 9.18. The average Bonchev–Trinajstić information content (AvgIpc) is 2.66. The number of aromatic nitrogens is 2. The van der Waals surface area contributed by atoms with E-state index in [-0.39, 0.29) is 0 Å². The Kier molecular flexibility index (Phi) is 4.82. The zero-order chi connectivity index (χ0) is 17.9. The highest BCUT2D eigenvalue weighted by Gasteiger charge is 2.13. The van der Waals surface area contributed by atoms with E-state index in [1.54, 1.807) is 0 Å². The molecule has 2 heterocycles. The van der Waals surface area contributed by atoms with Gasteiger partial charge in [0.2, 0.25) is 0 Å². The van der Waals surface area contributed by atoms with Gasteiger partial charge in [-0.05, 0) is 43.8 Å². The summed E-state index contributed by atoms with van der Waals surface area (Å²) in [5.74, 6) is 0.815. The lowest BCUT2D eigenvalue weighted by atomic mass is 10.1. The van der Waals surface area contributed by atoms with Crippen molar-refractivity contribution >= 4 is 22.5 Å². The number of hydrogen-bond acceptors (Lipinski definition) is 5. The Bertz CT molecular complexity index is 883. The highest BCUT2D eigenvalue weighted by atomic mass is 15.2. The van der Waals surface area contributed by atoms with E-state index < -0.39 is 0 Å². The summed E-state index contributed by atoms with van der Waals surface area (Å²) in [6, 6.07) is 16.6. The largest absolute Gasteiger partial charge is 0.339 e. The van der Waals surface area contributed by atoms with Crippen LogP contribution in [0, 0.1) is 6.92 Å². The van der Waals surface area contributed by atoms with Gasteiger partial charge in [0.05, 0.1) is 16.7 Å². The summed E-state index contributed by atoms with van der Waals surface area (Å²) in [5.41, 5.74) is 5.14. The molecule has 1 N–H and O–H groups in total. The lowest BCUT2D eigenvalue weighted by Crippen LogP contribution is -2.43. The van der Waals surface area contributed by atoms with Gasteiger partial charge in [-0.2, -0.15) is 0 Å². The Balaban J connectivity index is 1.45. The second-order valence-electron chi connectivity index (χ2n) is 7.05. The van der Waals surface area contributed by atoms with Gasteiger partial charge in [0.15, 0.2) is 5.82 Å². The summed E-state index contributed by atoms with van der Waals surface area (Å²) in [5, 5.41) is 3.41. The Morgan fingerprint density at radius 2 is 1.54 bits per heavy atom. The normalized spacial score (nSPS) is 16.1. The SMILES string of the molecule is Cc1nc2ccccc2nc1Nc1ccc(CN2CCN(C)CC2)cc1. The van der Waals surface area contributed by atoms with Crippen LogP contribution >= 0.6 is 0 Å². The smallest absolute Gasteiger partial charge is 0.152 e. The monoisotopic (exact) mass is 347 g/mol. The molecule has 1 saturated heterocycles. The molecule has 0 atom stereocenters. The lowest BCUT2D eigenvalue weighted by molar-refractivity contribution is 0.148. The third kappa shape index (κ3) is 3.84. The first kappa shape index (κ1) is 16.9. The second kappa shape index (κ2) is 7.40. The summed E-state index contributed by atoms with van der Waals surface area (Å²) < 4.78 is 0. The number of likely N-dealkylation sites (N-methyl/N-ethyl adjacent to an activating group) is 1. The maximum Gasteiger partial charge on any atom is 0.152 e. The first-order valence-corrected chi connectivity index (χ1v) is 9.18. The van der Waals surface area contributed by atoms with E-state index >= 15 is 0 Å². The first-order chi connectivity index (χ1) is 12.7. The third-order valence-corrected chi connectivity index (χ3v) is 4.96. The van der Waals surface area contributed by atoms with Gasteiger partial charge in [-0.1, -0.05) is 24.3 Å². The van der Waals surface area contributed by atoms with E-state index in [4.69, 9.17) is 4.98 Å². The molecule has 2 aromatic carbocycles. The maximum absolute atomic E-state index is 4.71. The van der Waals surface area contributed by atoms with Crippen molar-refractivity contribution in [3.05, 3.63) is 59.8 Å². The molecule has 0 spiro atoms. The van der Waals surface area contributed by atoms with Crippen LogP contribution in [0.2, 0.25) is 0 Å². The highest BCUT2D eigenvalue weighted by molar-refractivity contribution is 5.77. The van der Waals surface area contributed by atoms with E-state index in [1.807, 2.05) is 31.2 Å². The van der Waals surface area contributed by atoms with Crippen LogP contribution in [0.25, 0.3) is 11.0 Å². The topological polar surface area (TPSA) is 44.3 Å². The Morgan fingerprint density at radius 3 is 2.23 bits per heavy atom. The zero-order valence-electron chi connectivity index (χ0n) is 15.4. The number of benzene rings is 2. The van der Waals surface area contributed by atoms with Crippen LogP contribution in [-0.2, 0) is 6.54 Å². The standard InChI is InChI=1S/C21H25N5/c1-16-21(24-20-6-4-3-5-19(20)22-16)23-18-9-7-17(8-10-18)15-26-13-11-25(2)12-14-26/h3-10H,11-15H2,1-2H3,(H,23,24). The third-order valence-electron chi connectivity index (χ3n) is 4.96. The number of rotatable bonds is 4. The predicted octanol–water partition coefficient (Wildman–Crippen LogP) is 3.43. The van der Waals surface area contributed by atoms with Crippen LogP contribution in [0.4, 0.5) is 11.5 Å². The van der Waals surface area contributed by atoms with Crippen molar-refractivity contribution in [1.82, 2.24) is 19.8 Å². The van der Waals surface area contributed by atoms with Gasteiger partial charge < -0.3 is 10.2 Å². The molecule has 134 valence electrons. The lowest BCUT2D eigenvalue weighted by Gasteiger charge is -2.32. The van der Waals surface area contributed by atoms with Crippen molar-refractivity contribution in [3.63, 3.8) is 0 Å². The number of aryl methyl sites for hydroxylation is 1. The van der Waals surface area contributed by atoms with Crippen molar-refractivity contribution in [2.45, 2.75) is 13.5 Å². The van der Waals surface area contributed by atoms with E-state index in [0.717, 1.165) is 61.0 Å². The molecule has 0 aliphatic carbocycles. The van der Waals surface area contributed by atoms with Crippen molar-refractivity contribution in [1.29, 1.82) is 0 Å². The van der Waals surface area contributed by atoms with Crippen LogP contribution in [0.3, 0.4) is 0 Å². The average molecular weight is 347 g/mol. The minimum Gasteiger partial charge on any atom is -0.339 e. The van der Waals surface area contributed by atoms with Crippen molar-refractivity contribution in [2.24, 2.45) is 0 Å². The molecule has 0 saturated carbocycles. The Morgan fingerprint density at radius 1 is 0.885 bits per heavy atom. The van der Waals surface area contributed by atoms with E-state index in [1.165, 1.54) is 5.56 Å². The van der Waals surface area contributed by atoms with E-state index in [2.05, 4.69) is 51.4 Å². The van der Waals surface area contributed by atoms with Crippen LogP contribution in [0.1, 0.15) is 11.3 Å². The van der Waals surface area contributed by atoms with Crippen LogP contribution < -0.4 is 5.32 Å². The molecule has 0 radical (unpaired) electrons. The Labute approximate surface area is 154 Å². The molecule has 0 bridgehead atoms. The zero-order valence-corrected chi connectivity index (χ0v) is 15.4. The molecule has 26 heavy (non-hydrogen) atoms. The van der Waals surface area contributed by atoms with Gasteiger partial charge in [-0.15, -0.1) is 0 Å². The predicted molar refractivity (Wildman–Crippen MR) is 107 cm³/mol. The molecule has 0 unspecified atom stereocenters. The minimum atomic E-state index is 0.815. The number of para-hydroxylation sites is 2. The van der Waals surface area contributed by atoms with Gasteiger partial charge in [-0.3, -0.25) is 4.90 Å².